The van der Waals surface area contributed by atoms with Crippen LogP contribution in [0.2, 0.25) is 0 Å². The van der Waals surface area contributed by atoms with E-state index < -0.39 is 6.04 Å². The second-order valence-corrected chi connectivity index (χ2v) is 6.88. The highest BCUT2D eigenvalue weighted by Crippen LogP contribution is 2.30. The lowest BCUT2D eigenvalue weighted by Gasteiger charge is -2.28. The molecule has 28 heavy (non-hydrogen) atoms. The van der Waals surface area contributed by atoms with E-state index in [2.05, 4.69) is 10.5 Å². The molecule has 9 nitrogen and oxygen atoms in total. The number of hydrogen-bond acceptors (Lipinski definition) is 5. The first-order valence-corrected chi connectivity index (χ1v) is 9.36. The summed E-state index contributed by atoms with van der Waals surface area (Å²) in [7, 11) is 0. The van der Waals surface area contributed by atoms with E-state index in [-0.39, 0.29) is 18.0 Å². The number of benzene rings is 1. The Morgan fingerprint density at radius 2 is 2.11 bits per heavy atom. The quantitative estimate of drug-likeness (QED) is 0.547. The van der Waals surface area contributed by atoms with Crippen LogP contribution in [0.3, 0.4) is 0 Å². The van der Waals surface area contributed by atoms with Crippen LogP contribution in [0.25, 0.3) is 0 Å². The third-order valence-electron chi connectivity index (χ3n) is 5.02. The van der Waals surface area contributed by atoms with Gasteiger partial charge in [0.25, 0.3) is 5.91 Å². The maximum Gasteiger partial charge on any atom is 0.345 e. The number of rotatable bonds is 8. The summed E-state index contributed by atoms with van der Waals surface area (Å²) < 4.78 is 1.85. The molecule has 2 fully saturated rings. The summed E-state index contributed by atoms with van der Waals surface area (Å²) >= 11 is 0. The Kier molecular flexibility index (Phi) is 5.54. The van der Waals surface area contributed by atoms with Crippen LogP contribution in [-0.4, -0.2) is 56.7 Å². The van der Waals surface area contributed by atoms with E-state index in [4.69, 9.17) is 9.68 Å². The summed E-state index contributed by atoms with van der Waals surface area (Å²) in [6.07, 6.45) is 6.48. The second kappa shape index (κ2) is 8.41. The number of hydrogen-bond donors (Lipinski definition) is 1. The first-order valence-electron chi connectivity index (χ1n) is 9.36. The van der Waals surface area contributed by atoms with Crippen molar-refractivity contribution in [2.75, 3.05) is 13.2 Å². The van der Waals surface area contributed by atoms with Gasteiger partial charge >= 0.3 is 6.03 Å². The molecule has 0 spiro atoms. The lowest BCUT2D eigenvalue weighted by atomic mass is 10.0. The molecule has 1 aromatic heterocycles. The van der Waals surface area contributed by atoms with Gasteiger partial charge in [-0.05, 0) is 18.4 Å². The SMILES string of the molecule is O=C(NOCCn1ccnc1)[C@@H]1CC[C@@H]2CN1C(=O)N2OCc1ccccc1. The van der Waals surface area contributed by atoms with Crippen molar-refractivity contribution in [1.82, 2.24) is 25.0 Å². The number of urea groups is 1. The van der Waals surface area contributed by atoms with Gasteiger partial charge in [-0.3, -0.25) is 14.5 Å². The summed E-state index contributed by atoms with van der Waals surface area (Å²) in [5, 5.41) is 1.42. The molecule has 1 N–H and O–H groups in total. The van der Waals surface area contributed by atoms with E-state index >= 15 is 0 Å². The van der Waals surface area contributed by atoms with Crippen molar-refractivity contribution in [3.05, 3.63) is 54.6 Å². The summed E-state index contributed by atoms with van der Waals surface area (Å²) in [6.45, 7) is 1.71. The van der Waals surface area contributed by atoms with Crippen molar-refractivity contribution < 1.29 is 19.3 Å². The highest BCUT2D eigenvalue weighted by atomic mass is 16.7. The number of carbonyl (C=O) groups is 2. The van der Waals surface area contributed by atoms with Crippen molar-refractivity contribution in [3.63, 3.8) is 0 Å². The smallest absolute Gasteiger partial charge is 0.335 e. The molecule has 0 radical (unpaired) electrons. The van der Waals surface area contributed by atoms with Gasteiger partial charge in [-0.25, -0.2) is 15.3 Å². The Morgan fingerprint density at radius 3 is 2.89 bits per heavy atom. The Hall–Kier alpha value is -2.91. The number of carbonyl (C=O) groups excluding carboxylic acids is 2. The predicted octanol–water partition coefficient (Wildman–Crippen LogP) is 1.33. The average molecular weight is 385 g/mol. The molecule has 2 aliphatic rings. The first-order chi connectivity index (χ1) is 13.7. The van der Waals surface area contributed by atoms with Crippen LogP contribution >= 0.6 is 0 Å². The molecule has 9 heteroatoms. The first kappa shape index (κ1) is 18.5. The molecule has 2 atom stereocenters. The van der Waals surface area contributed by atoms with Gasteiger partial charge in [0.15, 0.2) is 0 Å². The fourth-order valence-electron chi connectivity index (χ4n) is 3.55. The Labute approximate surface area is 162 Å². The number of nitrogens with zero attached hydrogens (tertiary/aromatic N) is 4. The Balaban J connectivity index is 1.26. The molecule has 2 aliphatic heterocycles. The predicted molar refractivity (Wildman–Crippen MR) is 98.3 cm³/mol. The fourth-order valence-corrected chi connectivity index (χ4v) is 3.55. The Morgan fingerprint density at radius 1 is 1.25 bits per heavy atom. The highest BCUT2D eigenvalue weighted by Gasteiger charge is 2.48. The molecule has 2 saturated heterocycles. The maximum atomic E-state index is 12.7. The zero-order valence-electron chi connectivity index (χ0n) is 15.4. The second-order valence-electron chi connectivity index (χ2n) is 6.88. The zero-order chi connectivity index (χ0) is 19.3. The van der Waals surface area contributed by atoms with E-state index in [1.54, 1.807) is 17.4 Å². The standard InChI is InChI=1S/C19H23N5O4/c25-18(21-27-11-10-22-9-8-20-14-22)17-7-6-16-12-23(17)19(26)24(16)28-13-15-4-2-1-3-5-15/h1-5,8-9,14,16-17H,6-7,10-13H2,(H,21,25)/t16-,17+/m1/s1. The molecule has 148 valence electrons. The van der Waals surface area contributed by atoms with Crippen LogP contribution in [0, 0.1) is 0 Å². The van der Waals surface area contributed by atoms with E-state index in [0.29, 0.717) is 39.1 Å². The van der Waals surface area contributed by atoms with Crippen LogP contribution in [0.1, 0.15) is 18.4 Å². The normalized spacial score (nSPS) is 21.2. The van der Waals surface area contributed by atoms with Gasteiger partial charge in [0.05, 0.1) is 19.0 Å². The lowest BCUT2D eigenvalue weighted by molar-refractivity contribution is -0.141. The molecule has 1 aromatic carbocycles. The minimum absolute atomic E-state index is 0.0255. The van der Waals surface area contributed by atoms with Crippen LogP contribution in [0.5, 0.6) is 0 Å². The lowest BCUT2D eigenvalue weighted by Crippen LogP contribution is -2.49. The summed E-state index contributed by atoms with van der Waals surface area (Å²) in [5.41, 5.74) is 3.46. The maximum absolute atomic E-state index is 12.7. The molecule has 3 heterocycles. The highest BCUT2D eigenvalue weighted by molar-refractivity contribution is 5.88. The number of imidazole rings is 1. The molecular weight excluding hydrogens is 362 g/mol. The Bertz CT molecular complexity index is 798. The van der Waals surface area contributed by atoms with Gasteiger partial charge in [-0.2, -0.15) is 5.06 Å². The van der Waals surface area contributed by atoms with Crippen molar-refractivity contribution in [2.24, 2.45) is 0 Å². The molecule has 2 aromatic rings. The van der Waals surface area contributed by atoms with Gasteiger partial charge in [0.1, 0.15) is 12.6 Å². The minimum atomic E-state index is -0.540. The summed E-state index contributed by atoms with van der Waals surface area (Å²) in [5.74, 6) is -0.303. The number of hydroxylamine groups is 3. The van der Waals surface area contributed by atoms with Crippen LogP contribution in [0.15, 0.2) is 49.1 Å². The third kappa shape index (κ3) is 4.00. The fraction of sp³-hybridized carbons (Fsp3) is 0.421. The van der Waals surface area contributed by atoms with Crippen molar-refractivity contribution in [2.45, 2.75) is 38.1 Å². The van der Waals surface area contributed by atoms with Gasteiger partial charge in [-0.15, -0.1) is 0 Å². The van der Waals surface area contributed by atoms with Gasteiger partial charge in [-0.1, -0.05) is 30.3 Å². The number of nitrogens with one attached hydrogen (secondary N) is 1. The molecule has 0 aliphatic carbocycles. The largest absolute Gasteiger partial charge is 0.345 e. The van der Waals surface area contributed by atoms with Crippen LogP contribution in [0.4, 0.5) is 4.79 Å². The van der Waals surface area contributed by atoms with Gasteiger partial charge in [0, 0.05) is 25.5 Å². The van der Waals surface area contributed by atoms with E-state index in [1.807, 2.05) is 41.1 Å². The minimum Gasteiger partial charge on any atom is -0.335 e. The van der Waals surface area contributed by atoms with Crippen molar-refractivity contribution in [1.29, 1.82) is 0 Å². The van der Waals surface area contributed by atoms with Crippen molar-refractivity contribution in [3.8, 4) is 0 Å². The van der Waals surface area contributed by atoms with Crippen molar-refractivity contribution >= 4 is 11.9 Å². The molecule has 4 rings (SSSR count). The molecule has 0 saturated carbocycles. The van der Waals surface area contributed by atoms with Crippen LogP contribution in [-0.2, 0) is 27.6 Å². The summed E-state index contributed by atoms with van der Waals surface area (Å²) in [4.78, 5) is 41.7. The molecule has 3 amide bonds. The number of amides is 3. The monoisotopic (exact) mass is 385 g/mol. The molecule has 0 unspecified atom stereocenters. The number of piperidine rings is 1. The zero-order valence-corrected chi connectivity index (χ0v) is 15.4. The third-order valence-corrected chi connectivity index (χ3v) is 5.02. The van der Waals surface area contributed by atoms with Gasteiger partial charge < -0.3 is 9.47 Å². The van der Waals surface area contributed by atoms with Crippen LogP contribution < -0.4 is 5.48 Å². The van der Waals surface area contributed by atoms with E-state index in [0.717, 1.165) is 5.56 Å². The average Bonchev–Trinajstić information content (AvgIpc) is 3.32. The topological polar surface area (TPSA) is 88.9 Å². The van der Waals surface area contributed by atoms with Gasteiger partial charge in [0.2, 0.25) is 0 Å². The number of fused-ring (bicyclic) bond motifs is 2. The number of aromatic nitrogens is 2. The van der Waals surface area contributed by atoms with E-state index in [9.17, 15) is 9.59 Å². The molecular formula is C19H23N5O4. The van der Waals surface area contributed by atoms with E-state index in [1.165, 1.54) is 5.06 Å². The molecule has 2 bridgehead atoms. The summed E-state index contributed by atoms with van der Waals surface area (Å²) in [6, 6.07) is 8.86.